The van der Waals surface area contributed by atoms with E-state index in [2.05, 4.69) is 18.0 Å². The molecule has 0 saturated heterocycles. The molecule has 0 radical (unpaired) electrons. The third-order valence-electron chi connectivity index (χ3n) is 3.38. The maximum absolute atomic E-state index is 13.1. The zero-order chi connectivity index (χ0) is 15.2. The van der Waals surface area contributed by atoms with Gasteiger partial charge in [-0.05, 0) is 37.5 Å². The molecule has 1 atom stereocenters. The highest BCUT2D eigenvalue weighted by Crippen LogP contribution is 2.23. The summed E-state index contributed by atoms with van der Waals surface area (Å²) >= 11 is 0. The van der Waals surface area contributed by atoms with E-state index in [4.69, 9.17) is 10.5 Å². The number of benzene rings is 1. The molecule has 1 aromatic carbocycles. The number of aryl methyl sites for hydroxylation is 1. The molecule has 0 saturated carbocycles. The molecule has 1 unspecified atom stereocenters. The first-order valence-corrected chi connectivity index (χ1v) is 7.15. The van der Waals surface area contributed by atoms with Crippen molar-refractivity contribution in [1.82, 2.24) is 4.98 Å². The van der Waals surface area contributed by atoms with Crippen molar-refractivity contribution in [3.05, 3.63) is 59.2 Å². The van der Waals surface area contributed by atoms with Gasteiger partial charge in [0.15, 0.2) is 0 Å². The molecule has 3 nitrogen and oxygen atoms in total. The molecule has 1 aromatic heterocycles. The number of nitrogens with two attached hydrogens (primary N) is 1. The van der Waals surface area contributed by atoms with Gasteiger partial charge in [-0.15, -0.1) is 0 Å². The predicted octanol–water partition coefficient (Wildman–Crippen LogP) is 3.39. The van der Waals surface area contributed by atoms with Crippen LogP contribution in [0.2, 0.25) is 0 Å². The van der Waals surface area contributed by atoms with Crippen LogP contribution >= 0.6 is 0 Å². The summed E-state index contributed by atoms with van der Waals surface area (Å²) < 4.78 is 18.9. The zero-order valence-corrected chi connectivity index (χ0v) is 12.5. The topological polar surface area (TPSA) is 48.1 Å². The SMILES string of the molecule is CCC(N)Cc1cc(C)ccc1OCc1cncc(F)c1. The van der Waals surface area contributed by atoms with Crippen LogP contribution in [0, 0.1) is 12.7 Å². The predicted molar refractivity (Wildman–Crippen MR) is 81.7 cm³/mol. The van der Waals surface area contributed by atoms with Crippen molar-refractivity contribution in [2.75, 3.05) is 0 Å². The highest BCUT2D eigenvalue weighted by Gasteiger charge is 2.09. The minimum Gasteiger partial charge on any atom is -0.489 e. The Hall–Kier alpha value is -1.94. The Labute approximate surface area is 125 Å². The van der Waals surface area contributed by atoms with Crippen LogP contribution in [-0.2, 0) is 13.0 Å². The normalized spacial score (nSPS) is 12.2. The summed E-state index contributed by atoms with van der Waals surface area (Å²) in [5, 5.41) is 0. The fourth-order valence-corrected chi connectivity index (χ4v) is 2.13. The van der Waals surface area contributed by atoms with Gasteiger partial charge in [0.2, 0.25) is 0 Å². The molecule has 21 heavy (non-hydrogen) atoms. The van der Waals surface area contributed by atoms with Crippen molar-refractivity contribution in [1.29, 1.82) is 0 Å². The maximum Gasteiger partial charge on any atom is 0.141 e. The van der Waals surface area contributed by atoms with Gasteiger partial charge < -0.3 is 10.5 Å². The summed E-state index contributed by atoms with van der Waals surface area (Å²) in [5.41, 5.74) is 9.01. The fourth-order valence-electron chi connectivity index (χ4n) is 2.13. The Bertz CT molecular complexity index is 601. The van der Waals surface area contributed by atoms with E-state index in [1.807, 2.05) is 19.1 Å². The number of hydrogen-bond donors (Lipinski definition) is 1. The number of hydrogen-bond acceptors (Lipinski definition) is 3. The van der Waals surface area contributed by atoms with Gasteiger partial charge in [-0.3, -0.25) is 4.98 Å². The number of ether oxygens (including phenoxy) is 1. The van der Waals surface area contributed by atoms with Crippen LogP contribution in [0.3, 0.4) is 0 Å². The lowest BCUT2D eigenvalue weighted by molar-refractivity contribution is 0.301. The van der Waals surface area contributed by atoms with E-state index in [0.717, 1.165) is 24.2 Å². The van der Waals surface area contributed by atoms with E-state index in [1.54, 1.807) is 6.20 Å². The summed E-state index contributed by atoms with van der Waals surface area (Å²) in [6, 6.07) is 7.58. The zero-order valence-electron chi connectivity index (χ0n) is 12.5. The molecule has 0 fully saturated rings. The highest BCUT2D eigenvalue weighted by atomic mass is 19.1. The Kier molecular flexibility index (Phi) is 5.28. The van der Waals surface area contributed by atoms with Gasteiger partial charge >= 0.3 is 0 Å². The molecule has 2 N–H and O–H groups in total. The Morgan fingerprint density at radius 2 is 2.10 bits per heavy atom. The van der Waals surface area contributed by atoms with Crippen molar-refractivity contribution in [2.24, 2.45) is 5.73 Å². The second kappa shape index (κ2) is 7.18. The van der Waals surface area contributed by atoms with E-state index in [1.165, 1.54) is 17.8 Å². The van der Waals surface area contributed by atoms with Gasteiger partial charge in [-0.2, -0.15) is 0 Å². The minimum absolute atomic E-state index is 0.116. The summed E-state index contributed by atoms with van der Waals surface area (Å²) in [6.07, 6.45) is 4.48. The minimum atomic E-state index is -0.353. The maximum atomic E-state index is 13.1. The van der Waals surface area contributed by atoms with Crippen LogP contribution in [0.15, 0.2) is 36.7 Å². The smallest absolute Gasteiger partial charge is 0.141 e. The molecule has 2 rings (SSSR count). The molecule has 112 valence electrons. The van der Waals surface area contributed by atoms with Gasteiger partial charge in [0.05, 0.1) is 6.20 Å². The van der Waals surface area contributed by atoms with Crippen LogP contribution in [0.5, 0.6) is 5.75 Å². The molecule has 2 aromatic rings. The summed E-state index contributed by atoms with van der Waals surface area (Å²) in [4.78, 5) is 3.82. The number of rotatable bonds is 6. The first-order chi connectivity index (χ1) is 10.1. The van der Waals surface area contributed by atoms with Crippen molar-refractivity contribution in [3.63, 3.8) is 0 Å². The molecular weight excluding hydrogens is 267 g/mol. The molecule has 0 aliphatic carbocycles. The van der Waals surface area contributed by atoms with Crippen molar-refractivity contribution >= 4 is 0 Å². The Morgan fingerprint density at radius 3 is 2.81 bits per heavy atom. The van der Waals surface area contributed by atoms with Gasteiger partial charge in [-0.25, -0.2) is 4.39 Å². The molecule has 1 heterocycles. The van der Waals surface area contributed by atoms with Gasteiger partial charge in [0.1, 0.15) is 18.2 Å². The molecule has 0 aliphatic rings. The van der Waals surface area contributed by atoms with E-state index < -0.39 is 0 Å². The molecule has 0 spiro atoms. The number of pyridine rings is 1. The lowest BCUT2D eigenvalue weighted by Crippen LogP contribution is -2.21. The second-order valence-electron chi connectivity index (χ2n) is 5.28. The van der Waals surface area contributed by atoms with Crippen molar-refractivity contribution in [3.8, 4) is 5.75 Å². The molecule has 0 amide bonds. The standard InChI is InChI=1S/C17H21FN2O/c1-3-16(19)8-14-6-12(2)4-5-17(14)21-11-13-7-15(18)10-20-9-13/h4-7,9-10,16H,3,8,11,19H2,1-2H3. The first-order valence-electron chi connectivity index (χ1n) is 7.15. The van der Waals surface area contributed by atoms with Crippen LogP contribution in [0.25, 0.3) is 0 Å². The van der Waals surface area contributed by atoms with E-state index in [-0.39, 0.29) is 11.9 Å². The molecule has 4 heteroatoms. The lowest BCUT2D eigenvalue weighted by atomic mass is 10.0. The number of nitrogens with zero attached hydrogens (tertiary/aromatic N) is 1. The third kappa shape index (κ3) is 4.53. The van der Waals surface area contributed by atoms with Gasteiger partial charge in [-0.1, -0.05) is 24.6 Å². The second-order valence-corrected chi connectivity index (χ2v) is 5.28. The lowest BCUT2D eigenvalue weighted by Gasteiger charge is -2.15. The average Bonchev–Trinajstić information content (AvgIpc) is 2.46. The van der Waals surface area contributed by atoms with Crippen LogP contribution in [0.4, 0.5) is 4.39 Å². The quantitative estimate of drug-likeness (QED) is 0.886. The molecular formula is C17H21FN2O. The summed E-state index contributed by atoms with van der Waals surface area (Å²) in [6.45, 7) is 4.41. The van der Waals surface area contributed by atoms with Crippen LogP contribution < -0.4 is 10.5 Å². The highest BCUT2D eigenvalue weighted by molar-refractivity contribution is 5.37. The molecule has 0 aliphatic heterocycles. The first kappa shape index (κ1) is 15.4. The van der Waals surface area contributed by atoms with Crippen molar-refractivity contribution in [2.45, 2.75) is 39.3 Å². The fraction of sp³-hybridized carbons (Fsp3) is 0.353. The summed E-state index contributed by atoms with van der Waals surface area (Å²) in [5.74, 6) is 0.446. The third-order valence-corrected chi connectivity index (χ3v) is 3.38. The van der Waals surface area contributed by atoms with E-state index in [0.29, 0.717) is 12.2 Å². The Balaban J connectivity index is 2.11. The monoisotopic (exact) mass is 288 g/mol. The average molecular weight is 288 g/mol. The van der Waals surface area contributed by atoms with Gasteiger partial charge in [0.25, 0.3) is 0 Å². The Morgan fingerprint density at radius 1 is 1.29 bits per heavy atom. The molecule has 0 bridgehead atoms. The van der Waals surface area contributed by atoms with E-state index in [9.17, 15) is 4.39 Å². The van der Waals surface area contributed by atoms with Crippen molar-refractivity contribution < 1.29 is 9.13 Å². The largest absolute Gasteiger partial charge is 0.489 e. The number of aromatic nitrogens is 1. The van der Waals surface area contributed by atoms with Crippen LogP contribution in [-0.4, -0.2) is 11.0 Å². The van der Waals surface area contributed by atoms with Crippen LogP contribution in [0.1, 0.15) is 30.0 Å². The van der Waals surface area contributed by atoms with Gasteiger partial charge in [0, 0.05) is 17.8 Å². The summed E-state index contributed by atoms with van der Waals surface area (Å²) in [7, 11) is 0. The van der Waals surface area contributed by atoms with E-state index >= 15 is 0 Å². The number of halogens is 1.